The molecule has 0 saturated carbocycles. The normalized spacial score (nSPS) is 16.7. The number of nitrogens with one attached hydrogen (secondary N) is 1. The number of benzene rings is 1. The SMILES string of the molecule is O=C(OCc1ccccc1)C1=CC2=CC=CCCN2N1. The standard InChI is InChI=1S/C16H16N2O2/c19-16(20-12-13-7-3-1-4-8-13)15-11-14-9-5-2-6-10-18(14)17-15/h1-5,7-9,11,17H,6,10,12H2. The molecule has 0 aromatic heterocycles. The van der Waals surface area contributed by atoms with Gasteiger partial charge in [0.25, 0.3) is 0 Å². The number of carbonyl (C=O) groups is 1. The van der Waals surface area contributed by atoms with E-state index in [1.807, 2.05) is 53.6 Å². The van der Waals surface area contributed by atoms with Crippen molar-refractivity contribution in [3.63, 3.8) is 0 Å². The molecule has 0 amide bonds. The fraction of sp³-hybridized carbons (Fsp3) is 0.188. The van der Waals surface area contributed by atoms with Gasteiger partial charge in [0.05, 0.1) is 5.70 Å². The number of hydrazine groups is 1. The first-order chi connectivity index (χ1) is 9.83. The highest BCUT2D eigenvalue weighted by atomic mass is 16.5. The molecule has 0 aliphatic carbocycles. The molecule has 3 rings (SSSR count). The summed E-state index contributed by atoms with van der Waals surface area (Å²) in [5.41, 5.74) is 5.54. The minimum atomic E-state index is -0.327. The average molecular weight is 268 g/mol. The van der Waals surface area contributed by atoms with Crippen LogP contribution in [0.3, 0.4) is 0 Å². The van der Waals surface area contributed by atoms with Crippen LogP contribution in [0, 0.1) is 0 Å². The third kappa shape index (κ3) is 2.74. The number of carbonyl (C=O) groups excluding carboxylic acids is 1. The van der Waals surface area contributed by atoms with E-state index in [0.717, 1.165) is 24.2 Å². The first kappa shape index (κ1) is 12.5. The van der Waals surface area contributed by atoms with Gasteiger partial charge in [-0.2, -0.15) is 0 Å². The molecule has 20 heavy (non-hydrogen) atoms. The molecule has 2 aliphatic rings. The van der Waals surface area contributed by atoms with Gasteiger partial charge in [-0.1, -0.05) is 42.5 Å². The molecule has 2 aliphatic heterocycles. The average Bonchev–Trinajstić information content (AvgIpc) is 2.77. The Bertz CT molecular complexity index is 588. The predicted molar refractivity (Wildman–Crippen MR) is 76.0 cm³/mol. The maximum atomic E-state index is 12.0. The summed E-state index contributed by atoms with van der Waals surface area (Å²) in [7, 11) is 0. The van der Waals surface area contributed by atoms with Crippen molar-refractivity contribution in [2.45, 2.75) is 13.0 Å². The second-order valence-corrected chi connectivity index (χ2v) is 4.69. The van der Waals surface area contributed by atoms with Gasteiger partial charge in [-0.15, -0.1) is 0 Å². The first-order valence-electron chi connectivity index (χ1n) is 6.67. The molecule has 0 unspecified atom stereocenters. The van der Waals surface area contributed by atoms with Crippen molar-refractivity contribution < 1.29 is 9.53 Å². The van der Waals surface area contributed by atoms with E-state index in [0.29, 0.717) is 5.70 Å². The summed E-state index contributed by atoms with van der Waals surface area (Å²) in [5, 5.41) is 1.96. The fourth-order valence-corrected chi connectivity index (χ4v) is 2.16. The highest BCUT2D eigenvalue weighted by Crippen LogP contribution is 2.19. The molecular weight excluding hydrogens is 252 g/mol. The van der Waals surface area contributed by atoms with Gasteiger partial charge in [-0.25, -0.2) is 4.79 Å². The topological polar surface area (TPSA) is 41.6 Å². The number of allylic oxidation sites excluding steroid dienone is 3. The Morgan fingerprint density at radius 3 is 3.00 bits per heavy atom. The van der Waals surface area contributed by atoms with E-state index >= 15 is 0 Å². The lowest BCUT2D eigenvalue weighted by molar-refractivity contribution is -0.141. The number of fused-ring (bicyclic) bond motifs is 1. The summed E-state index contributed by atoms with van der Waals surface area (Å²) in [6.45, 7) is 1.13. The zero-order valence-electron chi connectivity index (χ0n) is 11.1. The second kappa shape index (κ2) is 5.65. The Morgan fingerprint density at radius 2 is 2.15 bits per heavy atom. The summed E-state index contributed by atoms with van der Waals surface area (Å²) in [6, 6.07) is 9.66. The number of ether oxygens (including phenoxy) is 1. The van der Waals surface area contributed by atoms with Gasteiger partial charge in [-0.05, 0) is 24.1 Å². The second-order valence-electron chi connectivity index (χ2n) is 4.69. The van der Waals surface area contributed by atoms with Gasteiger partial charge < -0.3 is 4.74 Å². The van der Waals surface area contributed by atoms with E-state index in [-0.39, 0.29) is 12.6 Å². The third-order valence-corrected chi connectivity index (χ3v) is 3.21. The van der Waals surface area contributed by atoms with Crippen LogP contribution in [0.1, 0.15) is 12.0 Å². The molecule has 0 fully saturated rings. The van der Waals surface area contributed by atoms with Crippen LogP contribution in [0.2, 0.25) is 0 Å². The summed E-state index contributed by atoms with van der Waals surface area (Å²) in [5.74, 6) is -0.327. The van der Waals surface area contributed by atoms with Crippen molar-refractivity contribution in [1.29, 1.82) is 0 Å². The van der Waals surface area contributed by atoms with Crippen molar-refractivity contribution in [3.8, 4) is 0 Å². The maximum Gasteiger partial charge on any atom is 0.356 e. The van der Waals surface area contributed by atoms with E-state index < -0.39 is 0 Å². The van der Waals surface area contributed by atoms with Crippen LogP contribution in [0.5, 0.6) is 0 Å². The van der Waals surface area contributed by atoms with E-state index in [2.05, 4.69) is 11.5 Å². The summed E-state index contributed by atoms with van der Waals surface area (Å²) < 4.78 is 5.31. The number of rotatable bonds is 3. The lowest BCUT2D eigenvalue weighted by Gasteiger charge is -2.19. The van der Waals surface area contributed by atoms with Gasteiger partial charge in [0.1, 0.15) is 12.3 Å². The monoisotopic (exact) mass is 268 g/mol. The smallest absolute Gasteiger partial charge is 0.356 e. The van der Waals surface area contributed by atoms with Crippen LogP contribution in [0.15, 0.2) is 66.0 Å². The van der Waals surface area contributed by atoms with E-state index in [1.54, 1.807) is 0 Å². The van der Waals surface area contributed by atoms with Crippen molar-refractivity contribution in [2.75, 3.05) is 6.54 Å². The zero-order chi connectivity index (χ0) is 13.8. The van der Waals surface area contributed by atoms with Crippen molar-refractivity contribution in [1.82, 2.24) is 10.4 Å². The number of hydrogen-bond donors (Lipinski definition) is 1. The number of hydrogen-bond acceptors (Lipinski definition) is 4. The molecule has 2 heterocycles. The molecule has 0 atom stereocenters. The van der Waals surface area contributed by atoms with Crippen LogP contribution in [0.25, 0.3) is 0 Å². The van der Waals surface area contributed by atoms with Crippen LogP contribution >= 0.6 is 0 Å². The molecular formula is C16H16N2O2. The third-order valence-electron chi connectivity index (χ3n) is 3.21. The molecule has 1 aromatic carbocycles. The molecule has 4 heteroatoms. The fourth-order valence-electron chi connectivity index (χ4n) is 2.16. The Balaban J connectivity index is 1.62. The molecule has 4 nitrogen and oxygen atoms in total. The van der Waals surface area contributed by atoms with Crippen LogP contribution in [-0.4, -0.2) is 17.5 Å². The molecule has 0 spiro atoms. The molecule has 0 bridgehead atoms. The van der Waals surface area contributed by atoms with Gasteiger partial charge in [0.15, 0.2) is 0 Å². The maximum absolute atomic E-state index is 12.0. The van der Waals surface area contributed by atoms with Crippen LogP contribution < -0.4 is 5.43 Å². The highest BCUT2D eigenvalue weighted by Gasteiger charge is 2.23. The quantitative estimate of drug-likeness (QED) is 0.854. The lowest BCUT2D eigenvalue weighted by Crippen LogP contribution is -2.33. The number of esters is 1. The molecule has 102 valence electrons. The first-order valence-corrected chi connectivity index (χ1v) is 6.67. The van der Waals surface area contributed by atoms with Gasteiger partial charge in [-0.3, -0.25) is 10.4 Å². The highest BCUT2D eigenvalue weighted by molar-refractivity contribution is 5.89. The predicted octanol–water partition coefficient (Wildman–Crippen LogP) is 2.28. The largest absolute Gasteiger partial charge is 0.456 e. The molecule has 1 aromatic rings. The number of nitrogens with zero attached hydrogens (tertiary/aromatic N) is 1. The van der Waals surface area contributed by atoms with Gasteiger partial charge in [0.2, 0.25) is 0 Å². The Labute approximate surface area is 118 Å². The minimum Gasteiger partial charge on any atom is -0.456 e. The van der Waals surface area contributed by atoms with E-state index in [4.69, 9.17) is 4.74 Å². The molecule has 0 saturated heterocycles. The Kier molecular flexibility index (Phi) is 3.54. The Morgan fingerprint density at radius 1 is 1.30 bits per heavy atom. The minimum absolute atomic E-state index is 0.289. The van der Waals surface area contributed by atoms with Gasteiger partial charge >= 0.3 is 5.97 Å². The summed E-state index contributed by atoms with van der Waals surface area (Å²) in [6.07, 6.45) is 8.87. The zero-order valence-corrected chi connectivity index (χ0v) is 11.1. The molecule has 0 radical (unpaired) electrons. The lowest BCUT2D eigenvalue weighted by atomic mass is 10.2. The summed E-state index contributed by atoms with van der Waals surface area (Å²) in [4.78, 5) is 12.0. The molecule has 1 N–H and O–H groups in total. The van der Waals surface area contributed by atoms with Crippen molar-refractivity contribution in [2.24, 2.45) is 0 Å². The van der Waals surface area contributed by atoms with Crippen molar-refractivity contribution >= 4 is 5.97 Å². The summed E-state index contributed by atoms with van der Waals surface area (Å²) >= 11 is 0. The van der Waals surface area contributed by atoms with E-state index in [1.165, 1.54) is 0 Å². The van der Waals surface area contributed by atoms with Gasteiger partial charge in [0, 0.05) is 6.54 Å². The van der Waals surface area contributed by atoms with Crippen LogP contribution in [0.4, 0.5) is 0 Å². The van der Waals surface area contributed by atoms with Crippen LogP contribution in [-0.2, 0) is 16.1 Å². The Hall–Kier alpha value is -2.49. The van der Waals surface area contributed by atoms with E-state index in [9.17, 15) is 4.79 Å². The van der Waals surface area contributed by atoms with Crippen molar-refractivity contribution in [3.05, 3.63) is 71.6 Å².